The van der Waals surface area contributed by atoms with Crippen LogP contribution in [0.5, 0.6) is 5.75 Å². The topological polar surface area (TPSA) is 32.7 Å². The fourth-order valence-corrected chi connectivity index (χ4v) is 2.52. The van der Waals surface area contributed by atoms with E-state index in [1.165, 1.54) is 6.07 Å². The Morgan fingerprint density at radius 1 is 1.09 bits per heavy atom. The minimum absolute atomic E-state index is 0.0394. The number of halogens is 1. The lowest BCUT2D eigenvalue weighted by atomic mass is 10.0. The fraction of sp³-hybridized carbons (Fsp3) is 0.333. The maximum Gasteiger partial charge on any atom is 0.129 e. The van der Waals surface area contributed by atoms with Gasteiger partial charge in [0.05, 0.1) is 13.2 Å². The summed E-state index contributed by atoms with van der Waals surface area (Å²) in [4.78, 5) is 1.98. The van der Waals surface area contributed by atoms with Crippen LogP contribution >= 0.6 is 0 Å². The first-order valence-corrected chi connectivity index (χ1v) is 7.30. The van der Waals surface area contributed by atoms with Gasteiger partial charge in [-0.3, -0.25) is 4.90 Å². The molecule has 2 rings (SSSR count). The summed E-state index contributed by atoms with van der Waals surface area (Å²) in [6.07, 6.45) is -0.872. The molecule has 0 amide bonds. The third-order valence-electron chi connectivity index (χ3n) is 3.98. The van der Waals surface area contributed by atoms with Crippen LogP contribution in [0.15, 0.2) is 48.5 Å². The van der Waals surface area contributed by atoms with Crippen molar-refractivity contribution in [1.82, 2.24) is 4.90 Å². The van der Waals surface area contributed by atoms with E-state index in [9.17, 15) is 9.50 Å². The number of hydrogen-bond donors (Lipinski definition) is 1. The summed E-state index contributed by atoms with van der Waals surface area (Å²) >= 11 is 0. The summed E-state index contributed by atoms with van der Waals surface area (Å²) in [5.74, 6) is 0.426. The van der Waals surface area contributed by atoms with E-state index in [0.29, 0.717) is 12.1 Å². The highest BCUT2D eigenvalue weighted by Crippen LogP contribution is 2.29. The van der Waals surface area contributed by atoms with E-state index in [-0.39, 0.29) is 11.9 Å². The van der Waals surface area contributed by atoms with Gasteiger partial charge in [0.25, 0.3) is 0 Å². The molecular weight excluding hydrogens is 281 g/mol. The van der Waals surface area contributed by atoms with E-state index in [2.05, 4.69) is 0 Å². The zero-order chi connectivity index (χ0) is 16.1. The third kappa shape index (κ3) is 3.64. The molecule has 0 fully saturated rings. The van der Waals surface area contributed by atoms with Gasteiger partial charge < -0.3 is 9.84 Å². The molecule has 0 heterocycles. The van der Waals surface area contributed by atoms with Crippen LogP contribution in [0.3, 0.4) is 0 Å². The molecule has 2 aromatic rings. The number of para-hydroxylation sites is 1. The van der Waals surface area contributed by atoms with Crippen molar-refractivity contribution in [3.63, 3.8) is 0 Å². The maximum absolute atomic E-state index is 13.7. The molecule has 0 bridgehead atoms. The lowest BCUT2D eigenvalue weighted by molar-refractivity contribution is 0.105. The van der Waals surface area contributed by atoms with Crippen molar-refractivity contribution in [3.8, 4) is 5.75 Å². The van der Waals surface area contributed by atoms with Crippen molar-refractivity contribution in [2.24, 2.45) is 0 Å². The Bertz CT molecular complexity index is 618. The molecule has 2 unspecified atom stereocenters. The third-order valence-corrected chi connectivity index (χ3v) is 3.98. The van der Waals surface area contributed by atoms with Crippen molar-refractivity contribution in [2.75, 3.05) is 20.7 Å². The van der Waals surface area contributed by atoms with Gasteiger partial charge in [-0.05, 0) is 26.1 Å². The largest absolute Gasteiger partial charge is 0.496 e. The predicted octanol–water partition coefficient (Wildman–Crippen LogP) is 3.56. The molecule has 0 saturated carbocycles. The number of likely N-dealkylation sites (N-methyl/N-ethyl adjacent to an activating group) is 1. The molecule has 0 aliphatic heterocycles. The van der Waals surface area contributed by atoms with E-state index >= 15 is 0 Å². The molecular formula is C18H22FNO2. The van der Waals surface area contributed by atoms with Gasteiger partial charge >= 0.3 is 0 Å². The molecule has 118 valence electrons. The monoisotopic (exact) mass is 303 g/mol. The number of ether oxygens (including phenoxy) is 1. The molecule has 2 aromatic carbocycles. The van der Waals surface area contributed by atoms with Gasteiger partial charge in [-0.15, -0.1) is 0 Å². The minimum atomic E-state index is -0.872. The van der Waals surface area contributed by atoms with E-state index in [0.717, 1.165) is 11.3 Å². The van der Waals surface area contributed by atoms with Gasteiger partial charge in [0, 0.05) is 23.7 Å². The summed E-state index contributed by atoms with van der Waals surface area (Å²) in [5, 5.41) is 10.3. The Morgan fingerprint density at radius 2 is 1.68 bits per heavy atom. The summed E-state index contributed by atoms with van der Waals surface area (Å²) in [6.45, 7) is 2.37. The predicted molar refractivity (Wildman–Crippen MR) is 85.4 cm³/mol. The molecule has 2 atom stereocenters. The van der Waals surface area contributed by atoms with Gasteiger partial charge in [0.2, 0.25) is 0 Å². The molecule has 22 heavy (non-hydrogen) atoms. The Morgan fingerprint density at radius 3 is 2.32 bits per heavy atom. The van der Waals surface area contributed by atoms with Crippen LogP contribution in [0.4, 0.5) is 4.39 Å². The van der Waals surface area contributed by atoms with Crippen molar-refractivity contribution in [3.05, 3.63) is 65.5 Å². The Labute approximate surface area is 131 Å². The van der Waals surface area contributed by atoms with Crippen LogP contribution in [-0.2, 0) is 0 Å². The Balaban J connectivity index is 2.11. The highest BCUT2D eigenvalue weighted by atomic mass is 19.1. The van der Waals surface area contributed by atoms with Gasteiger partial charge in [-0.25, -0.2) is 4.39 Å². The first-order chi connectivity index (χ1) is 10.5. The standard InChI is InChI=1S/C18H22FNO2/c1-13(14-8-5-7-11-18(14)22-3)20(2)12-17(21)15-9-4-6-10-16(15)19/h4-11,13,17,21H,12H2,1-3H3. The van der Waals surface area contributed by atoms with Crippen molar-refractivity contribution in [1.29, 1.82) is 0 Å². The second kappa shape index (κ2) is 7.38. The molecule has 4 heteroatoms. The Hall–Kier alpha value is -1.91. The second-order valence-corrected chi connectivity index (χ2v) is 5.39. The van der Waals surface area contributed by atoms with Crippen LogP contribution < -0.4 is 4.74 Å². The molecule has 0 radical (unpaired) electrons. The summed E-state index contributed by atoms with van der Waals surface area (Å²) < 4.78 is 19.1. The van der Waals surface area contributed by atoms with Gasteiger partial charge in [-0.1, -0.05) is 36.4 Å². The van der Waals surface area contributed by atoms with Gasteiger partial charge in [-0.2, -0.15) is 0 Å². The normalized spacial score (nSPS) is 13.9. The smallest absolute Gasteiger partial charge is 0.129 e. The highest BCUT2D eigenvalue weighted by molar-refractivity contribution is 5.35. The molecule has 1 N–H and O–H groups in total. The average molecular weight is 303 g/mol. The number of nitrogens with zero attached hydrogens (tertiary/aromatic N) is 1. The number of aliphatic hydroxyl groups excluding tert-OH is 1. The van der Waals surface area contributed by atoms with Crippen LogP contribution in [-0.4, -0.2) is 30.7 Å². The van der Waals surface area contributed by atoms with E-state index in [1.807, 2.05) is 43.1 Å². The van der Waals surface area contributed by atoms with Crippen molar-refractivity contribution >= 4 is 0 Å². The van der Waals surface area contributed by atoms with E-state index in [1.54, 1.807) is 25.3 Å². The first kappa shape index (κ1) is 16.5. The summed E-state index contributed by atoms with van der Waals surface area (Å²) in [6, 6.07) is 14.1. The minimum Gasteiger partial charge on any atom is -0.496 e. The second-order valence-electron chi connectivity index (χ2n) is 5.39. The summed E-state index contributed by atoms with van der Waals surface area (Å²) in [5.41, 5.74) is 1.36. The lowest BCUT2D eigenvalue weighted by Crippen LogP contribution is -2.28. The van der Waals surface area contributed by atoms with Crippen molar-refractivity contribution < 1.29 is 14.2 Å². The summed E-state index contributed by atoms with van der Waals surface area (Å²) in [7, 11) is 3.54. The van der Waals surface area contributed by atoms with Crippen LogP contribution in [0.1, 0.15) is 30.2 Å². The molecule has 0 spiro atoms. The van der Waals surface area contributed by atoms with E-state index in [4.69, 9.17) is 4.74 Å². The van der Waals surface area contributed by atoms with Crippen molar-refractivity contribution in [2.45, 2.75) is 19.1 Å². The van der Waals surface area contributed by atoms with Crippen LogP contribution in [0.2, 0.25) is 0 Å². The Kier molecular flexibility index (Phi) is 5.52. The lowest BCUT2D eigenvalue weighted by Gasteiger charge is -2.28. The molecule has 0 aliphatic carbocycles. The molecule has 0 saturated heterocycles. The quantitative estimate of drug-likeness (QED) is 0.885. The number of hydrogen-bond acceptors (Lipinski definition) is 3. The van der Waals surface area contributed by atoms with E-state index < -0.39 is 6.10 Å². The zero-order valence-corrected chi connectivity index (χ0v) is 13.2. The van der Waals surface area contributed by atoms with Crippen LogP contribution in [0.25, 0.3) is 0 Å². The van der Waals surface area contributed by atoms with Gasteiger partial charge in [0.1, 0.15) is 11.6 Å². The number of aliphatic hydroxyl groups is 1. The molecule has 0 aliphatic rings. The molecule has 0 aromatic heterocycles. The number of methoxy groups -OCH3 is 1. The maximum atomic E-state index is 13.7. The fourth-order valence-electron chi connectivity index (χ4n) is 2.52. The van der Waals surface area contributed by atoms with Gasteiger partial charge in [0.15, 0.2) is 0 Å². The molecule has 3 nitrogen and oxygen atoms in total. The SMILES string of the molecule is COc1ccccc1C(C)N(C)CC(O)c1ccccc1F. The first-order valence-electron chi connectivity index (χ1n) is 7.30. The average Bonchev–Trinajstić information content (AvgIpc) is 2.54. The number of benzene rings is 2. The zero-order valence-electron chi connectivity index (χ0n) is 13.2. The van der Waals surface area contributed by atoms with Crippen LogP contribution in [0, 0.1) is 5.82 Å². The highest BCUT2D eigenvalue weighted by Gasteiger charge is 2.20. The number of rotatable bonds is 6.